The Hall–Kier alpha value is -9.56. The molecule has 0 spiro atoms. The zero-order valence-electron chi connectivity index (χ0n) is 49.1. The lowest BCUT2D eigenvalue weighted by Crippen LogP contribution is -2.19. The molecule has 0 saturated carbocycles. The summed E-state index contributed by atoms with van der Waals surface area (Å²) >= 11 is 0. The van der Waals surface area contributed by atoms with Gasteiger partial charge in [-0.25, -0.2) is 0 Å². The molecule has 0 aliphatic heterocycles. The molecule has 1 nitrogen and oxygen atoms in total. The molecule has 0 radical (unpaired) electrons. The van der Waals surface area contributed by atoms with Crippen LogP contribution in [0.1, 0.15) is 86.1 Å². The zero-order chi connectivity index (χ0) is 57.0. The minimum absolute atomic E-state index is 0.147. The van der Waals surface area contributed by atoms with Gasteiger partial charge in [-0.1, -0.05) is 229 Å². The monoisotopic (exact) mass is 1080 g/mol. The average Bonchev–Trinajstić information content (AvgIpc) is 1.57. The number of hydrogen-bond donors (Lipinski definition) is 0. The van der Waals surface area contributed by atoms with E-state index in [0.29, 0.717) is 0 Å². The van der Waals surface area contributed by atoms with Gasteiger partial charge < -0.3 is 4.90 Å². The smallest absolute Gasteiger partial charge is 0.0465 e. The fraction of sp³-hybridized carbons (Fsp3) is 0.133. The summed E-state index contributed by atoms with van der Waals surface area (Å²) in [6, 6.07) is 94.9. The fourth-order valence-corrected chi connectivity index (χ4v) is 15.2. The highest BCUT2D eigenvalue weighted by molar-refractivity contribution is 6.24. The lowest BCUT2D eigenvalue weighted by Gasteiger charge is -2.31. The lowest BCUT2D eigenvalue weighted by atomic mass is 9.80. The summed E-state index contributed by atoms with van der Waals surface area (Å²) in [4.78, 5) is 2.54. The van der Waals surface area contributed by atoms with Gasteiger partial charge in [0.25, 0.3) is 0 Å². The molecule has 0 saturated heterocycles. The van der Waals surface area contributed by atoms with Crippen molar-refractivity contribution in [2.45, 2.75) is 71.6 Å². The first-order valence-electron chi connectivity index (χ1n) is 30.0. The van der Waals surface area contributed by atoms with E-state index in [4.69, 9.17) is 0 Å². The van der Waals surface area contributed by atoms with Crippen LogP contribution in [-0.4, -0.2) is 0 Å². The van der Waals surface area contributed by atoms with Crippen molar-refractivity contribution < 1.29 is 0 Å². The first kappa shape index (κ1) is 50.2. The predicted molar refractivity (Wildman–Crippen MR) is 358 cm³/mol. The van der Waals surface area contributed by atoms with E-state index >= 15 is 0 Å². The Balaban J connectivity index is 0.827. The van der Waals surface area contributed by atoms with E-state index in [-0.39, 0.29) is 16.2 Å². The second-order valence-electron chi connectivity index (χ2n) is 25.8. The van der Waals surface area contributed by atoms with Gasteiger partial charge in [-0.05, 0) is 230 Å². The second-order valence-corrected chi connectivity index (χ2v) is 25.8. The van der Waals surface area contributed by atoms with Crippen molar-refractivity contribution in [1.82, 2.24) is 0 Å². The normalized spacial score (nSPS) is 14.5. The van der Waals surface area contributed by atoms with E-state index in [1.54, 1.807) is 0 Å². The third-order valence-corrected chi connectivity index (χ3v) is 19.7. The molecular weight excluding hydrogens is 1010 g/mol. The van der Waals surface area contributed by atoms with Crippen LogP contribution >= 0.6 is 0 Å². The Kier molecular flexibility index (Phi) is 10.9. The maximum absolute atomic E-state index is 2.54. The molecule has 0 heterocycles. The Bertz CT molecular complexity index is 4760. The minimum Gasteiger partial charge on any atom is -0.310 e. The largest absolute Gasteiger partial charge is 0.310 e. The molecule has 0 aromatic heterocycles. The minimum atomic E-state index is -0.289. The average molecular weight is 1080 g/mol. The fourth-order valence-electron chi connectivity index (χ4n) is 15.2. The van der Waals surface area contributed by atoms with Gasteiger partial charge >= 0.3 is 0 Å². The molecule has 84 heavy (non-hydrogen) atoms. The van der Waals surface area contributed by atoms with Crippen molar-refractivity contribution in [2.24, 2.45) is 0 Å². The molecular formula is C83H65N. The Morgan fingerprint density at radius 2 is 0.536 bits per heavy atom. The molecule has 402 valence electrons. The Morgan fingerprint density at radius 3 is 0.952 bits per heavy atom. The predicted octanol–water partition coefficient (Wildman–Crippen LogP) is 22.8. The molecule has 0 unspecified atom stereocenters. The van der Waals surface area contributed by atoms with Crippen molar-refractivity contribution in [1.29, 1.82) is 0 Å². The van der Waals surface area contributed by atoms with E-state index < -0.39 is 0 Å². The van der Waals surface area contributed by atoms with Gasteiger partial charge in [-0.2, -0.15) is 0 Å². The van der Waals surface area contributed by atoms with Gasteiger partial charge in [-0.15, -0.1) is 0 Å². The maximum atomic E-state index is 2.54. The van der Waals surface area contributed by atoms with Crippen molar-refractivity contribution in [3.63, 3.8) is 0 Å². The molecule has 13 aromatic carbocycles. The van der Waals surface area contributed by atoms with Gasteiger partial charge in [-0.3, -0.25) is 0 Å². The van der Waals surface area contributed by atoms with Crippen LogP contribution in [0.4, 0.5) is 17.1 Å². The molecule has 1 heteroatoms. The standard InChI is InChI=1S/C83H65N/c1-50-27-33-65-68-36-30-58(45-78(68)81(3,4)75(65)39-50)84(59-31-37-69-66-34-28-51(2)40-76(66)82(5,6)79(69)46-59)60-32-38-70-67-35-29-54(44-77(67)83(7,8)80(70)47-60)71-48-73-64-26-18-16-24-62(64)72(49-74(73)63-25-17-15-23-61(63)71)57-42-55(52-19-11-9-12-20-52)41-56(43-57)53-21-13-10-14-22-53/h9-49H,1-8H3. The summed E-state index contributed by atoms with van der Waals surface area (Å²) < 4.78 is 0. The van der Waals surface area contributed by atoms with Gasteiger partial charge in [0, 0.05) is 33.3 Å². The third-order valence-electron chi connectivity index (χ3n) is 19.7. The molecule has 3 aliphatic carbocycles. The van der Waals surface area contributed by atoms with E-state index in [2.05, 4.69) is 309 Å². The van der Waals surface area contributed by atoms with Crippen LogP contribution in [0.5, 0.6) is 0 Å². The summed E-state index contributed by atoms with van der Waals surface area (Å²) in [7, 11) is 0. The van der Waals surface area contributed by atoms with Crippen LogP contribution < -0.4 is 4.90 Å². The molecule has 0 fully saturated rings. The summed E-state index contributed by atoms with van der Waals surface area (Å²) in [5.74, 6) is 0. The molecule has 0 amide bonds. The molecule has 0 atom stereocenters. The van der Waals surface area contributed by atoms with Gasteiger partial charge in [0.2, 0.25) is 0 Å². The number of hydrogen-bond acceptors (Lipinski definition) is 1. The number of anilines is 3. The zero-order valence-corrected chi connectivity index (χ0v) is 49.1. The number of benzene rings is 13. The lowest BCUT2D eigenvalue weighted by molar-refractivity contribution is 0.659. The molecule has 16 rings (SSSR count). The van der Waals surface area contributed by atoms with Crippen LogP contribution in [0.2, 0.25) is 0 Å². The Labute approximate surface area is 494 Å². The molecule has 0 N–H and O–H groups in total. The molecule has 0 bridgehead atoms. The summed E-state index contributed by atoms with van der Waals surface area (Å²) in [6.07, 6.45) is 0. The van der Waals surface area contributed by atoms with Crippen molar-refractivity contribution >= 4 is 49.4 Å². The van der Waals surface area contributed by atoms with Crippen LogP contribution in [0, 0.1) is 13.8 Å². The summed E-state index contributed by atoms with van der Waals surface area (Å²) in [6.45, 7) is 18.9. The SMILES string of the molecule is Cc1ccc2c(c1)C(C)(C)c1cc(N(c3ccc4c(c3)C(C)(C)c3cc(C)ccc3-4)c3ccc4c(c3)C(C)(C)c3cc(-c5cc6c7ccccc7c(-c7cc(-c8ccccc8)cc(-c8ccccc8)c7)cc6c6ccccc56)ccc3-4)ccc1-2. The number of nitrogens with zero attached hydrogens (tertiary/aromatic N) is 1. The number of fused-ring (bicyclic) bond motifs is 14. The van der Waals surface area contributed by atoms with Crippen LogP contribution in [0.15, 0.2) is 249 Å². The van der Waals surface area contributed by atoms with E-state index in [1.807, 2.05) is 0 Å². The Morgan fingerprint density at radius 1 is 0.214 bits per heavy atom. The molecule has 3 aliphatic rings. The van der Waals surface area contributed by atoms with E-state index in [0.717, 1.165) is 5.69 Å². The highest BCUT2D eigenvalue weighted by Gasteiger charge is 2.40. The highest BCUT2D eigenvalue weighted by Crippen LogP contribution is 2.56. The first-order valence-corrected chi connectivity index (χ1v) is 30.0. The van der Waals surface area contributed by atoms with E-state index in [1.165, 1.54) is 166 Å². The first-order chi connectivity index (χ1) is 40.7. The van der Waals surface area contributed by atoms with Crippen LogP contribution in [0.25, 0.3) is 110 Å². The van der Waals surface area contributed by atoms with E-state index in [9.17, 15) is 0 Å². The van der Waals surface area contributed by atoms with Crippen molar-refractivity contribution in [3.8, 4) is 77.9 Å². The summed E-state index contributed by atoms with van der Waals surface area (Å²) in [5.41, 5.74) is 31.5. The van der Waals surface area contributed by atoms with Gasteiger partial charge in [0.15, 0.2) is 0 Å². The van der Waals surface area contributed by atoms with Crippen molar-refractivity contribution in [3.05, 3.63) is 293 Å². The van der Waals surface area contributed by atoms with Crippen LogP contribution in [0.3, 0.4) is 0 Å². The second kappa shape index (κ2) is 18.2. The number of rotatable bonds is 7. The number of aryl methyl sites for hydroxylation is 2. The van der Waals surface area contributed by atoms with Gasteiger partial charge in [0.05, 0.1) is 0 Å². The maximum Gasteiger partial charge on any atom is 0.0465 e. The summed E-state index contributed by atoms with van der Waals surface area (Å²) in [5, 5.41) is 7.55. The highest BCUT2D eigenvalue weighted by atomic mass is 15.1. The third kappa shape index (κ3) is 7.47. The van der Waals surface area contributed by atoms with Gasteiger partial charge in [0.1, 0.15) is 0 Å². The van der Waals surface area contributed by atoms with Crippen molar-refractivity contribution in [2.75, 3.05) is 4.90 Å². The van der Waals surface area contributed by atoms with Crippen LogP contribution in [-0.2, 0) is 16.2 Å². The molecule has 13 aromatic rings. The topological polar surface area (TPSA) is 3.24 Å². The quantitative estimate of drug-likeness (QED) is 0.144.